The Labute approximate surface area is 73.1 Å². The number of aliphatic carboxylic acids is 1. The molecule has 1 N–H and O–H groups in total. The number of carbonyl (C=O) groups is 1. The molecule has 1 heterocycles. The first kappa shape index (κ1) is 8.68. The maximum Gasteiger partial charge on any atom is 0.303 e. The summed E-state index contributed by atoms with van der Waals surface area (Å²) in [5.41, 5.74) is 0.361. The molecule has 0 atom stereocenters. The van der Waals surface area contributed by atoms with Crippen molar-refractivity contribution in [2.24, 2.45) is 0 Å². The molecule has 4 nitrogen and oxygen atoms in total. The van der Waals surface area contributed by atoms with Crippen LogP contribution in [0.5, 0.6) is 0 Å². The summed E-state index contributed by atoms with van der Waals surface area (Å²) in [6.45, 7) is 0. The molecule has 0 bridgehead atoms. The maximum atomic E-state index is 10.2. The first-order valence-electron chi connectivity index (χ1n) is 3.28. The molecule has 1 aromatic rings. The van der Waals surface area contributed by atoms with Gasteiger partial charge in [-0.3, -0.25) is 4.79 Å². The third-order valence-electron chi connectivity index (χ3n) is 1.22. The maximum absolute atomic E-state index is 10.2. The van der Waals surface area contributed by atoms with Crippen LogP contribution < -0.4 is 0 Å². The number of thiazole rings is 1. The van der Waals surface area contributed by atoms with Gasteiger partial charge in [-0.15, -0.1) is 11.3 Å². The molecule has 5 heteroatoms. The van der Waals surface area contributed by atoms with Crippen LogP contribution in [0, 0.1) is 11.3 Å². The number of aromatic nitrogens is 1. The van der Waals surface area contributed by atoms with E-state index in [1.165, 1.54) is 11.3 Å². The van der Waals surface area contributed by atoms with E-state index >= 15 is 0 Å². The number of nitrogens with zero attached hydrogens (tertiary/aromatic N) is 2. The Hall–Kier alpha value is -1.41. The lowest BCUT2D eigenvalue weighted by Gasteiger charge is -1.88. The van der Waals surface area contributed by atoms with E-state index in [-0.39, 0.29) is 6.42 Å². The van der Waals surface area contributed by atoms with Gasteiger partial charge < -0.3 is 5.11 Å². The summed E-state index contributed by atoms with van der Waals surface area (Å²) < 4.78 is 0. The fraction of sp³-hybridized carbons (Fsp3) is 0.286. The first-order chi connectivity index (χ1) is 5.72. The number of aryl methyl sites for hydroxylation is 1. The van der Waals surface area contributed by atoms with E-state index in [4.69, 9.17) is 10.4 Å². The zero-order valence-corrected chi connectivity index (χ0v) is 6.97. The number of rotatable bonds is 3. The molecule has 0 amide bonds. The van der Waals surface area contributed by atoms with E-state index in [0.29, 0.717) is 17.1 Å². The van der Waals surface area contributed by atoms with Crippen LogP contribution in [0.3, 0.4) is 0 Å². The van der Waals surface area contributed by atoms with Gasteiger partial charge in [-0.25, -0.2) is 4.98 Å². The number of nitriles is 1. The first-order valence-corrected chi connectivity index (χ1v) is 4.16. The zero-order valence-electron chi connectivity index (χ0n) is 6.15. The predicted octanol–water partition coefficient (Wildman–Crippen LogP) is 1.03. The molecule has 0 fully saturated rings. The molecule has 0 saturated carbocycles. The summed E-state index contributed by atoms with van der Waals surface area (Å²) in [5, 5.41) is 19.1. The van der Waals surface area contributed by atoms with Gasteiger partial charge in [-0.2, -0.15) is 5.26 Å². The fourth-order valence-corrected chi connectivity index (χ4v) is 1.41. The lowest BCUT2D eigenvalue weighted by molar-refractivity contribution is -0.136. The van der Waals surface area contributed by atoms with Gasteiger partial charge >= 0.3 is 5.97 Å². The molecule has 1 aromatic heterocycles. The van der Waals surface area contributed by atoms with Gasteiger partial charge in [0.1, 0.15) is 6.07 Å². The van der Waals surface area contributed by atoms with Gasteiger partial charge in [0.2, 0.25) is 0 Å². The molecular weight excluding hydrogens is 176 g/mol. The van der Waals surface area contributed by atoms with Gasteiger partial charge in [-0.1, -0.05) is 0 Å². The molecule has 0 aromatic carbocycles. The van der Waals surface area contributed by atoms with Crippen LogP contribution in [0.15, 0.2) is 5.38 Å². The number of carboxylic acid groups (broad SMARTS) is 1. The van der Waals surface area contributed by atoms with Crippen molar-refractivity contribution in [2.75, 3.05) is 0 Å². The molecule has 0 spiro atoms. The van der Waals surface area contributed by atoms with Crippen molar-refractivity contribution in [3.8, 4) is 6.07 Å². The van der Waals surface area contributed by atoms with Crippen LogP contribution >= 0.6 is 11.3 Å². The van der Waals surface area contributed by atoms with Gasteiger partial charge in [0.15, 0.2) is 5.69 Å². The van der Waals surface area contributed by atoms with Crippen molar-refractivity contribution < 1.29 is 9.90 Å². The van der Waals surface area contributed by atoms with E-state index in [0.717, 1.165) is 0 Å². The predicted molar refractivity (Wildman–Crippen MR) is 42.8 cm³/mol. The molecule has 12 heavy (non-hydrogen) atoms. The highest BCUT2D eigenvalue weighted by Crippen LogP contribution is 2.10. The topological polar surface area (TPSA) is 74.0 Å². The zero-order chi connectivity index (χ0) is 8.97. The molecule has 0 aliphatic heterocycles. The van der Waals surface area contributed by atoms with Crippen molar-refractivity contribution in [3.63, 3.8) is 0 Å². The second kappa shape index (κ2) is 3.83. The van der Waals surface area contributed by atoms with Crippen LogP contribution in [0.4, 0.5) is 0 Å². The van der Waals surface area contributed by atoms with Crippen molar-refractivity contribution in [2.45, 2.75) is 12.8 Å². The summed E-state index contributed by atoms with van der Waals surface area (Å²) in [7, 11) is 0. The average Bonchev–Trinajstić information content (AvgIpc) is 2.48. The summed E-state index contributed by atoms with van der Waals surface area (Å²) in [6.07, 6.45) is 0.472. The lowest BCUT2D eigenvalue weighted by atomic mass is 10.3. The monoisotopic (exact) mass is 182 g/mol. The number of hydrogen-bond acceptors (Lipinski definition) is 4. The van der Waals surface area contributed by atoms with E-state index in [2.05, 4.69) is 4.98 Å². The highest BCUT2D eigenvalue weighted by molar-refractivity contribution is 7.09. The van der Waals surface area contributed by atoms with E-state index < -0.39 is 5.97 Å². The van der Waals surface area contributed by atoms with Gasteiger partial charge in [0.25, 0.3) is 0 Å². The molecular formula is C7H6N2O2S. The van der Waals surface area contributed by atoms with Crippen molar-refractivity contribution in [1.29, 1.82) is 5.26 Å². The molecule has 0 aliphatic rings. The SMILES string of the molecule is N#Cc1csc(CCC(=O)O)n1. The lowest BCUT2D eigenvalue weighted by Crippen LogP contribution is -1.96. The second-order valence-electron chi connectivity index (χ2n) is 2.13. The number of carboxylic acids is 1. The average molecular weight is 182 g/mol. The number of hydrogen-bond donors (Lipinski definition) is 1. The Morgan fingerprint density at radius 2 is 2.58 bits per heavy atom. The molecule has 0 radical (unpaired) electrons. The standard InChI is InChI=1S/C7H6N2O2S/c8-3-5-4-12-6(9-5)1-2-7(10)11/h4H,1-2H2,(H,10,11). The molecule has 62 valence electrons. The highest BCUT2D eigenvalue weighted by Gasteiger charge is 2.03. The molecule has 0 aliphatic carbocycles. The minimum Gasteiger partial charge on any atom is -0.481 e. The Morgan fingerprint density at radius 3 is 3.08 bits per heavy atom. The van der Waals surface area contributed by atoms with E-state index in [1.54, 1.807) is 5.38 Å². The van der Waals surface area contributed by atoms with Gasteiger partial charge in [-0.05, 0) is 0 Å². The van der Waals surface area contributed by atoms with E-state index in [9.17, 15) is 4.79 Å². The summed E-state index contributed by atoms with van der Waals surface area (Å²) in [4.78, 5) is 14.1. The van der Waals surface area contributed by atoms with Crippen molar-refractivity contribution in [1.82, 2.24) is 4.98 Å². The van der Waals surface area contributed by atoms with Gasteiger partial charge in [0.05, 0.1) is 11.4 Å². The minimum atomic E-state index is -0.844. The van der Waals surface area contributed by atoms with Crippen molar-refractivity contribution in [3.05, 3.63) is 16.1 Å². The van der Waals surface area contributed by atoms with Crippen LogP contribution in [-0.2, 0) is 11.2 Å². The fourth-order valence-electron chi connectivity index (χ4n) is 0.691. The third kappa shape index (κ3) is 2.32. The smallest absolute Gasteiger partial charge is 0.303 e. The normalized spacial score (nSPS) is 9.25. The van der Waals surface area contributed by atoms with E-state index in [1.807, 2.05) is 6.07 Å². The Kier molecular flexibility index (Phi) is 2.77. The van der Waals surface area contributed by atoms with Crippen LogP contribution in [-0.4, -0.2) is 16.1 Å². The van der Waals surface area contributed by atoms with Gasteiger partial charge in [0, 0.05) is 11.8 Å². The third-order valence-corrected chi connectivity index (χ3v) is 2.13. The summed E-state index contributed by atoms with van der Waals surface area (Å²) in [6, 6.07) is 1.89. The van der Waals surface area contributed by atoms with Crippen LogP contribution in [0.1, 0.15) is 17.1 Å². The Morgan fingerprint density at radius 1 is 1.83 bits per heavy atom. The Balaban J connectivity index is 2.54. The summed E-state index contributed by atoms with van der Waals surface area (Å²) >= 11 is 1.32. The quantitative estimate of drug-likeness (QED) is 0.757. The highest BCUT2D eigenvalue weighted by atomic mass is 32.1. The minimum absolute atomic E-state index is 0.0678. The van der Waals surface area contributed by atoms with Crippen LogP contribution in [0.2, 0.25) is 0 Å². The summed E-state index contributed by atoms with van der Waals surface area (Å²) in [5.74, 6) is -0.844. The molecule has 0 unspecified atom stereocenters. The largest absolute Gasteiger partial charge is 0.481 e. The van der Waals surface area contributed by atoms with Crippen molar-refractivity contribution >= 4 is 17.3 Å². The van der Waals surface area contributed by atoms with Crippen LogP contribution in [0.25, 0.3) is 0 Å². The Bertz CT molecular complexity index is 326. The molecule has 0 saturated heterocycles. The molecule has 1 rings (SSSR count). The second-order valence-corrected chi connectivity index (χ2v) is 3.07.